The third-order valence-electron chi connectivity index (χ3n) is 3.88. The lowest BCUT2D eigenvalue weighted by molar-refractivity contribution is 0.0124. The first kappa shape index (κ1) is 12.7. The van der Waals surface area contributed by atoms with Crippen molar-refractivity contribution in [2.45, 2.75) is 31.8 Å². The van der Waals surface area contributed by atoms with Gasteiger partial charge in [0.25, 0.3) is 0 Å². The molecular formula is C16H20O3. The highest BCUT2D eigenvalue weighted by molar-refractivity contribution is 5.77. The van der Waals surface area contributed by atoms with Gasteiger partial charge in [0.1, 0.15) is 17.4 Å². The van der Waals surface area contributed by atoms with Crippen LogP contribution in [0.15, 0.2) is 34.7 Å². The molecule has 0 bridgehead atoms. The van der Waals surface area contributed by atoms with Gasteiger partial charge in [0.15, 0.2) is 0 Å². The number of fused-ring (bicyclic) bond motifs is 1. The number of ether oxygens (including phenoxy) is 1. The van der Waals surface area contributed by atoms with E-state index in [0.717, 1.165) is 17.6 Å². The van der Waals surface area contributed by atoms with Crippen molar-refractivity contribution >= 4 is 11.0 Å². The third-order valence-corrected chi connectivity index (χ3v) is 3.88. The average molecular weight is 260 g/mol. The summed E-state index contributed by atoms with van der Waals surface area (Å²) in [6, 6.07) is 9.67. The second kappa shape index (κ2) is 5.76. The van der Waals surface area contributed by atoms with Crippen molar-refractivity contribution < 1.29 is 14.3 Å². The van der Waals surface area contributed by atoms with Gasteiger partial charge in [0, 0.05) is 12.0 Å². The van der Waals surface area contributed by atoms with Gasteiger partial charge >= 0.3 is 0 Å². The Kier molecular flexibility index (Phi) is 3.85. The number of rotatable bonds is 5. The molecule has 1 heterocycles. The number of hydrogen-bond acceptors (Lipinski definition) is 3. The maximum Gasteiger partial charge on any atom is 0.136 e. The Morgan fingerprint density at radius 3 is 2.84 bits per heavy atom. The molecule has 0 saturated heterocycles. The van der Waals surface area contributed by atoms with E-state index < -0.39 is 6.10 Å². The van der Waals surface area contributed by atoms with Crippen LogP contribution in [-0.4, -0.2) is 18.3 Å². The Balaban J connectivity index is 1.55. The summed E-state index contributed by atoms with van der Waals surface area (Å²) in [6.07, 6.45) is 4.50. The molecule has 1 atom stereocenters. The largest absolute Gasteiger partial charge is 0.458 e. The average Bonchev–Trinajstić information content (AvgIpc) is 3.07. The summed E-state index contributed by atoms with van der Waals surface area (Å²) >= 11 is 0. The van der Waals surface area contributed by atoms with E-state index in [4.69, 9.17) is 9.15 Å². The second-order valence-electron chi connectivity index (χ2n) is 5.39. The van der Waals surface area contributed by atoms with Gasteiger partial charge in [-0.05, 0) is 30.9 Å². The summed E-state index contributed by atoms with van der Waals surface area (Å²) in [4.78, 5) is 0. The monoisotopic (exact) mass is 260 g/mol. The van der Waals surface area contributed by atoms with Gasteiger partial charge in [0.2, 0.25) is 0 Å². The first-order valence-electron chi connectivity index (χ1n) is 7.07. The Bertz CT molecular complexity index is 493. The predicted octanol–water partition coefficient (Wildman–Crippen LogP) is 3.67. The molecule has 1 fully saturated rings. The van der Waals surface area contributed by atoms with Gasteiger partial charge in [-0.15, -0.1) is 0 Å². The standard InChI is InChI=1S/C16H20O3/c17-14(11-18-10-12-5-1-2-6-12)16-9-13-7-3-4-8-15(13)19-16/h3-4,7-9,12,14,17H,1-2,5-6,10-11H2. The lowest BCUT2D eigenvalue weighted by Gasteiger charge is -2.12. The highest BCUT2D eigenvalue weighted by Crippen LogP contribution is 2.26. The van der Waals surface area contributed by atoms with E-state index in [1.807, 2.05) is 30.3 Å². The lowest BCUT2D eigenvalue weighted by Crippen LogP contribution is -2.11. The molecule has 3 heteroatoms. The molecule has 1 aliphatic carbocycles. The molecule has 0 aliphatic heterocycles. The summed E-state index contributed by atoms with van der Waals surface area (Å²) in [7, 11) is 0. The summed E-state index contributed by atoms with van der Waals surface area (Å²) in [5.41, 5.74) is 0.812. The first-order chi connectivity index (χ1) is 9.33. The number of hydrogen-bond donors (Lipinski definition) is 1. The van der Waals surface area contributed by atoms with E-state index in [-0.39, 0.29) is 0 Å². The maximum atomic E-state index is 10.1. The fourth-order valence-corrected chi connectivity index (χ4v) is 2.77. The number of benzene rings is 1. The molecule has 3 rings (SSSR count). The van der Waals surface area contributed by atoms with E-state index in [0.29, 0.717) is 18.3 Å². The fraction of sp³-hybridized carbons (Fsp3) is 0.500. The SMILES string of the molecule is OC(COCC1CCCC1)c1cc2ccccc2o1. The highest BCUT2D eigenvalue weighted by atomic mass is 16.5. The van der Waals surface area contributed by atoms with Crippen LogP contribution in [0.2, 0.25) is 0 Å². The molecule has 0 radical (unpaired) electrons. The molecule has 0 amide bonds. The number of aliphatic hydroxyl groups excluding tert-OH is 1. The summed E-state index contributed by atoms with van der Waals surface area (Å²) < 4.78 is 11.2. The van der Waals surface area contributed by atoms with Crippen molar-refractivity contribution in [1.82, 2.24) is 0 Å². The normalized spacial score (nSPS) is 18.2. The van der Waals surface area contributed by atoms with E-state index in [1.54, 1.807) is 0 Å². The van der Waals surface area contributed by atoms with Crippen molar-refractivity contribution in [1.29, 1.82) is 0 Å². The van der Waals surface area contributed by atoms with Crippen molar-refractivity contribution in [3.05, 3.63) is 36.1 Å². The zero-order chi connectivity index (χ0) is 13.1. The fourth-order valence-electron chi connectivity index (χ4n) is 2.77. The predicted molar refractivity (Wildman–Crippen MR) is 74.0 cm³/mol. The van der Waals surface area contributed by atoms with Crippen LogP contribution in [-0.2, 0) is 4.74 Å². The van der Waals surface area contributed by atoms with Crippen LogP contribution in [0.4, 0.5) is 0 Å². The molecule has 19 heavy (non-hydrogen) atoms. The summed E-state index contributed by atoms with van der Waals surface area (Å²) in [5, 5.41) is 11.1. The zero-order valence-corrected chi connectivity index (χ0v) is 11.0. The Morgan fingerprint density at radius 1 is 1.26 bits per heavy atom. The quantitative estimate of drug-likeness (QED) is 0.891. The summed E-state index contributed by atoms with van der Waals surface area (Å²) in [5.74, 6) is 1.27. The first-order valence-corrected chi connectivity index (χ1v) is 7.07. The van der Waals surface area contributed by atoms with E-state index in [2.05, 4.69) is 0 Å². The molecule has 3 nitrogen and oxygen atoms in total. The molecule has 2 aromatic rings. The van der Waals surface area contributed by atoms with Crippen LogP contribution in [0.1, 0.15) is 37.5 Å². The molecule has 1 aromatic heterocycles. The molecule has 102 valence electrons. The molecular weight excluding hydrogens is 240 g/mol. The van der Waals surface area contributed by atoms with Gasteiger partial charge in [-0.1, -0.05) is 31.0 Å². The molecule has 1 aliphatic rings. The van der Waals surface area contributed by atoms with Crippen LogP contribution in [0.3, 0.4) is 0 Å². The van der Waals surface area contributed by atoms with E-state index >= 15 is 0 Å². The topological polar surface area (TPSA) is 42.6 Å². The lowest BCUT2D eigenvalue weighted by atomic mass is 10.1. The van der Waals surface area contributed by atoms with Crippen molar-refractivity contribution in [2.75, 3.05) is 13.2 Å². The van der Waals surface area contributed by atoms with Crippen molar-refractivity contribution in [2.24, 2.45) is 5.92 Å². The van der Waals surface area contributed by atoms with Crippen LogP contribution in [0.25, 0.3) is 11.0 Å². The van der Waals surface area contributed by atoms with Crippen LogP contribution >= 0.6 is 0 Å². The van der Waals surface area contributed by atoms with Gasteiger partial charge < -0.3 is 14.3 Å². The Hall–Kier alpha value is -1.32. The van der Waals surface area contributed by atoms with Crippen molar-refractivity contribution in [3.8, 4) is 0 Å². The molecule has 1 saturated carbocycles. The minimum Gasteiger partial charge on any atom is -0.458 e. The van der Waals surface area contributed by atoms with Gasteiger partial charge in [-0.25, -0.2) is 0 Å². The van der Waals surface area contributed by atoms with Crippen LogP contribution in [0.5, 0.6) is 0 Å². The number of aliphatic hydroxyl groups is 1. The van der Waals surface area contributed by atoms with Gasteiger partial charge in [0.05, 0.1) is 6.61 Å². The van der Waals surface area contributed by atoms with E-state index in [9.17, 15) is 5.11 Å². The Morgan fingerprint density at radius 2 is 2.05 bits per heavy atom. The zero-order valence-electron chi connectivity index (χ0n) is 11.0. The van der Waals surface area contributed by atoms with Crippen LogP contribution < -0.4 is 0 Å². The van der Waals surface area contributed by atoms with Crippen LogP contribution in [0, 0.1) is 5.92 Å². The van der Waals surface area contributed by atoms with Crippen molar-refractivity contribution in [3.63, 3.8) is 0 Å². The van der Waals surface area contributed by atoms with E-state index in [1.165, 1.54) is 25.7 Å². The maximum absolute atomic E-state index is 10.1. The minimum absolute atomic E-state index is 0.316. The number of furan rings is 1. The highest BCUT2D eigenvalue weighted by Gasteiger charge is 2.17. The second-order valence-corrected chi connectivity index (χ2v) is 5.39. The molecule has 0 spiro atoms. The summed E-state index contributed by atoms with van der Waals surface area (Å²) in [6.45, 7) is 1.08. The third kappa shape index (κ3) is 2.99. The minimum atomic E-state index is -0.672. The molecule has 1 aromatic carbocycles. The van der Waals surface area contributed by atoms with Gasteiger partial charge in [-0.2, -0.15) is 0 Å². The number of para-hydroxylation sites is 1. The molecule has 1 N–H and O–H groups in total. The smallest absolute Gasteiger partial charge is 0.136 e. The molecule has 1 unspecified atom stereocenters. The Labute approximate surface area is 113 Å². The van der Waals surface area contributed by atoms with Gasteiger partial charge in [-0.3, -0.25) is 0 Å².